The Labute approximate surface area is 190 Å². The Morgan fingerprint density at radius 1 is 0.906 bits per heavy atom. The van der Waals surface area contributed by atoms with Crippen LogP contribution in [-0.4, -0.2) is 71.2 Å². The van der Waals surface area contributed by atoms with E-state index in [1.54, 1.807) is 6.92 Å². The molecule has 0 aliphatic rings. The predicted molar refractivity (Wildman–Crippen MR) is 120 cm³/mol. The van der Waals surface area contributed by atoms with Gasteiger partial charge in [0, 0.05) is 0 Å². The van der Waals surface area contributed by atoms with Gasteiger partial charge in [-0.1, -0.05) is 40.5 Å². The third-order valence-electron chi connectivity index (χ3n) is 5.24. The van der Waals surface area contributed by atoms with Crippen LogP contribution in [-0.2, 0) is 19.2 Å². The van der Waals surface area contributed by atoms with E-state index in [1.165, 1.54) is 0 Å². The second-order valence-corrected chi connectivity index (χ2v) is 8.54. The van der Waals surface area contributed by atoms with Crippen LogP contribution in [0, 0.1) is 11.8 Å². The average molecular weight is 460 g/mol. The third kappa shape index (κ3) is 10.9. The van der Waals surface area contributed by atoms with Gasteiger partial charge in [-0.15, -0.1) is 0 Å². The summed E-state index contributed by atoms with van der Waals surface area (Å²) in [5.41, 5.74) is 11.3. The van der Waals surface area contributed by atoms with E-state index in [2.05, 4.69) is 16.0 Å². The van der Waals surface area contributed by atoms with Gasteiger partial charge in [0.25, 0.3) is 0 Å². The van der Waals surface area contributed by atoms with Crippen molar-refractivity contribution in [1.29, 1.82) is 0 Å². The minimum atomic E-state index is -1.36. The molecule has 3 amide bonds. The van der Waals surface area contributed by atoms with Gasteiger partial charge in [0.2, 0.25) is 17.7 Å². The van der Waals surface area contributed by atoms with Crippen LogP contribution in [0.2, 0.25) is 0 Å². The standard InChI is InChI=1S/C21H41N5O6/c1-5-13(4)17(26-18(28)14(23)8-6-7-9-22)20(30)25-16(11-27)19(29)24-15(21(31)32)10-12(2)3/h12-17,27H,5-11,22-23H2,1-4H3,(H,24,29)(H,25,30)(H,26,28)(H,31,32). The third-order valence-corrected chi connectivity index (χ3v) is 5.24. The molecule has 0 heterocycles. The fourth-order valence-electron chi connectivity index (χ4n) is 3.02. The minimum Gasteiger partial charge on any atom is -0.480 e. The first-order valence-electron chi connectivity index (χ1n) is 11.2. The van der Waals surface area contributed by atoms with Crippen molar-refractivity contribution in [3.63, 3.8) is 0 Å². The molecule has 0 aromatic heterocycles. The van der Waals surface area contributed by atoms with Gasteiger partial charge in [0.05, 0.1) is 12.6 Å². The molecular weight excluding hydrogens is 418 g/mol. The van der Waals surface area contributed by atoms with Crippen molar-refractivity contribution in [2.75, 3.05) is 13.2 Å². The summed E-state index contributed by atoms with van der Waals surface area (Å²) in [7, 11) is 0. The number of carboxylic acids is 1. The zero-order valence-electron chi connectivity index (χ0n) is 19.6. The number of rotatable bonds is 16. The van der Waals surface area contributed by atoms with Gasteiger partial charge >= 0.3 is 5.97 Å². The molecule has 5 atom stereocenters. The van der Waals surface area contributed by atoms with Crippen LogP contribution in [0.4, 0.5) is 0 Å². The van der Waals surface area contributed by atoms with E-state index < -0.39 is 54.5 Å². The summed E-state index contributed by atoms with van der Waals surface area (Å²) in [6, 6.07) is -4.28. The molecular formula is C21H41N5O6. The van der Waals surface area contributed by atoms with Gasteiger partial charge in [-0.05, 0) is 37.6 Å². The number of carbonyl (C=O) groups excluding carboxylic acids is 3. The van der Waals surface area contributed by atoms with Crippen molar-refractivity contribution in [3.05, 3.63) is 0 Å². The van der Waals surface area contributed by atoms with Crippen molar-refractivity contribution in [1.82, 2.24) is 16.0 Å². The van der Waals surface area contributed by atoms with Crippen molar-refractivity contribution in [3.8, 4) is 0 Å². The van der Waals surface area contributed by atoms with Gasteiger partial charge in [-0.2, -0.15) is 0 Å². The molecule has 0 fully saturated rings. The molecule has 0 aliphatic heterocycles. The van der Waals surface area contributed by atoms with Gasteiger partial charge < -0.3 is 37.6 Å². The van der Waals surface area contributed by atoms with Crippen LogP contribution in [0.5, 0.6) is 0 Å². The number of aliphatic carboxylic acids is 1. The molecule has 0 aromatic carbocycles. The maximum Gasteiger partial charge on any atom is 0.326 e. The number of nitrogens with two attached hydrogens (primary N) is 2. The van der Waals surface area contributed by atoms with Crippen molar-refractivity contribution < 1.29 is 29.4 Å². The van der Waals surface area contributed by atoms with Crippen LogP contribution < -0.4 is 27.4 Å². The van der Waals surface area contributed by atoms with Crippen LogP contribution in [0.1, 0.15) is 59.8 Å². The van der Waals surface area contributed by atoms with E-state index in [4.69, 9.17) is 11.5 Å². The second kappa shape index (κ2) is 15.5. The van der Waals surface area contributed by atoms with Crippen LogP contribution in [0.15, 0.2) is 0 Å². The molecule has 32 heavy (non-hydrogen) atoms. The summed E-state index contributed by atoms with van der Waals surface area (Å²) in [4.78, 5) is 49.2. The fraction of sp³-hybridized carbons (Fsp3) is 0.810. The normalized spacial score (nSPS) is 15.9. The highest BCUT2D eigenvalue weighted by atomic mass is 16.4. The minimum absolute atomic E-state index is 0.0117. The highest BCUT2D eigenvalue weighted by Gasteiger charge is 2.32. The van der Waals surface area contributed by atoms with E-state index in [-0.39, 0.29) is 18.3 Å². The molecule has 5 unspecified atom stereocenters. The SMILES string of the molecule is CCC(C)C(NC(=O)C(N)CCCCN)C(=O)NC(CO)C(=O)NC(CC(C)C)C(=O)O. The number of unbranched alkanes of at least 4 members (excludes halogenated alkanes) is 1. The van der Waals surface area contributed by atoms with E-state index in [0.29, 0.717) is 25.8 Å². The molecule has 9 N–H and O–H groups in total. The highest BCUT2D eigenvalue weighted by molar-refractivity contribution is 5.94. The highest BCUT2D eigenvalue weighted by Crippen LogP contribution is 2.10. The van der Waals surface area contributed by atoms with E-state index in [0.717, 1.165) is 6.42 Å². The number of hydrogen-bond acceptors (Lipinski definition) is 7. The molecule has 11 nitrogen and oxygen atoms in total. The zero-order chi connectivity index (χ0) is 24.8. The largest absolute Gasteiger partial charge is 0.480 e. The summed E-state index contributed by atoms with van der Waals surface area (Å²) in [5, 5.41) is 26.3. The molecule has 11 heteroatoms. The quantitative estimate of drug-likeness (QED) is 0.144. The number of hydrogen-bond donors (Lipinski definition) is 7. The molecule has 0 saturated carbocycles. The van der Waals surface area contributed by atoms with Crippen molar-refractivity contribution >= 4 is 23.7 Å². The number of carboxylic acid groups (broad SMARTS) is 1. The Bertz CT molecular complexity index is 615. The lowest BCUT2D eigenvalue weighted by molar-refractivity contribution is -0.143. The lowest BCUT2D eigenvalue weighted by atomic mass is 9.97. The first kappa shape index (κ1) is 29.8. The number of nitrogens with one attached hydrogen (secondary N) is 3. The van der Waals surface area contributed by atoms with E-state index >= 15 is 0 Å². The molecule has 0 saturated heterocycles. The predicted octanol–water partition coefficient (Wildman–Crippen LogP) is -0.934. The monoisotopic (exact) mass is 459 g/mol. The number of aliphatic hydroxyl groups is 1. The Morgan fingerprint density at radius 3 is 1.97 bits per heavy atom. The summed E-state index contributed by atoms with van der Waals surface area (Å²) in [5.74, 6) is -3.44. The topological polar surface area (TPSA) is 197 Å². The van der Waals surface area contributed by atoms with Crippen molar-refractivity contribution in [2.45, 2.75) is 84.0 Å². The maximum atomic E-state index is 12.8. The van der Waals surface area contributed by atoms with Gasteiger partial charge in [0.1, 0.15) is 18.1 Å². The van der Waals surface area contributed by atoms with Crippen LogP contribution >= 0.6 is 0 Å². The van der Waals surface area contributed by atoms with E-state index in [9.17, 15) is 29.4 Å². The summed E-state index contributed by atoms with van der Waals surface area (Å²) in [6.07, 6.45) is 2.59. The van der Waals surface area contributed by atoms with Gasteiger partial charge in [0.15, 0.2) is 0 Å². The van der Waals surface area contributed by atoms with E-state index in [1.807, 2.05) is 20.8 Å². The molecule has 0 aromatic rings. The molecule has 0 spiro atoms. The summed E-state index contributed by atoms with van der Waals surface area (Å²) >= 11 is 0. The van der Waals surface area contributed by atoms with Crippen LogP contribution in [0.25, 0.3) is 0 Å². The molecule has 186 valence electrons. The molecule has 0 radical (unpaired) electrons. The van der Waals surface area contributed by atoms with Gasteiger partial charge in [-0.25, -0.2) is 4.79 Å². The Balaban J connectivity index is 5.21. The molecule has 0 aliphatic carbocycles. The van der Waals surface area contributed by atoms with Crippen molar-refractivity contribution in [2.24, 2.45) is 23.3 Å². The second-order valence-electron chi connectivity index (χ2n) is 8.54. The molecule has 0 bridgehead atoms. The number of aliphatic hydroxyl groups excluding tert-OH is 1. The van der Waals surface area contributed by atoms with Gasteiger partial charge in [-0.3, -0.25) is 14.4 Å². The fourth-order valence-corrected chi connectivity index (χ4v) is 3.02. The average Bonchev–Trinajstić information content (AvgIpc) is 2.73. The Morgan fingerprint density at radius 2 is 1.50 bits per heavy atom. The smallest absolute Gasteiger partial charge is 0.326 e. The molecule has 0 rings (SSSR count). The lowest BCUT2D eigenvalue weighted by Crippen LogP contribution is -2.59. The number of carbonyl (C=O) groups is 4. The summed E-state index contributed by atoms with van der Waals surface area (Å²) in [6.45, 7) is 7.00. The lowest BCUT2D eigenvalue weighted by Gasteiger charge is -2.27. The Hall–Kier alpha value is -2.24. The maximum absolute atomic E-state index is 12.8. The first-order chi connectivity index (χ1) is 15.0. The summed E-state index contributed by atoms with van der Waals surface area (Å²) < 4.78 is 0. The first-order valence-corrected chi connectivity index (χ1v) is 11.2. The number of amides is 3. The van der Waals surface area contributed by atoms with Crippen LogP contribution in [0.3, 0.4) is 0 Å². The Kier molecular flexibility index (Phi) is 14.5. The zero-order valence-corrected chi connectivity index (χ0v) is 19.6.